The molecule has 0 aliphatic carbocycles. The van der Waals surface area contributed by atoms with Gasteiger partial charge in [-0.1, -0.05) is 76.1 Å². The van der Waals surface area contributed by atoms with Crippen molar-refractivity contribution < 1.29 is 4.79 Å². The Kier molecular flexibility index (Phi) is 8.23. The highest BCUT2D eigenvalue weighted by Gasteiger charge is 2.08. The van der Waals surface area contributed by atoms with Crippen LogP contribution in [0.5, 0.6) is 0 Å². The zero-order valence-electron chi connectivity index (χ0n) is 14.8. The standard InChI is InChI=1S/C22H29NO/c1-2-3-4-5-6-7-8-9-11-19-13-15-20(16-14-19)22(24)21-12-10-17-23-18-21/h10,12-18H,2-9,11H2,1H3. The number of benzene rings is 1. The number of aromatic nitrogens is 1. The van der Waals surface area contributed by atoms with Crippen LogP contribution in [0.3, 0.4) is 0 Å². The summed E-state index contributed by atoms with van der Waals surface area (Å²) in [7, 11) is 0. The molecule has 2 aromatic rings. The van der Waals surface area contributed by atoms with Crippen molar-refractivity contribution in [3.05, 3.63) is 65.5 Å². The number of nitrogens with zero attached hydrogens (tertiary/aromatic N) is 1. The number of unbranched alkanes of at least 4 members (excludes halogenated alkanes) is 7. The van der Waals surface area contributed by atoms with Crippen molar-refractivity contribution in [1.82, 2.24) is 4.98 Å². The summed E-state index contributed by atoms with van der Waals surface area (Å²) in [6.45, 7) is 2.26. The van der Waals surface area contributed by atoms with Gasteiger partial charge in [0.1, 0.15) is 0 Å². The molecule has 1 aromatic carbocycles. The quantitative estimate of drug-likeness (QED) is 0.375. The molecule has 0 atom stereocenters. The monoisotopic (exact) mass is 323 g/mol. The van der Waals surface area contributed by atoms with Gasteiger partial charge in [0, 0.05) is 23.5 Å². The van der Waals surface area contributed by atoms with Gasteiger partial charge in [-0.05, 0) is 30.5 Å². The van der Waals surface area contributed by atoms with Crippen LogP contribution in [0, 0.1) is 0 Å². The van der Waals surface area contributed by atoms with Crippen LogP contribution in [0.15, 0.2) is 48.8 Å². The molecule has 1 heterocycles. The minimum Gasteiger partial charge on any atom is -0.289 e. The summed E-state index contributed by atoms with van der Waals surface area (Å²) in [5.41, 5.74) is 2.71. The number of hydrogen-bond donors (Lipinski definition) is 0. The number of rotatable bonds is 11. The molecule has 0 saturated heterocycles. The molecule has 0 aliphatic rings. The van der Waals surface area contributed by atoms with Crippen molar-refractivity contribution in [2.45, 2.75) is 64.7 Å². The Hall–Kier alpha value is -1.96. The van der Waals surface area contributed by atoms with Crippen LogP contribution in [0.4, 0.5) is 0 Å². The molecule has 2 rings (SSSR count). The molecule has 0 aliphatic heterocycles. The number of ketones is 1. The summed E-state index contributed by atoms with van der Waals surface area (Å²) in [5, 5.41) is 0. The van der Waals surface area contributed by atoms with E-state index in [1.807, 2.05) is 18.2 Å². The van der Waals surface area contributed by atoms with E-state index in [-0.39, 0.29) is 5.78 Å². The number of aryl methyl sites for hydroxylation is 1. The fraction of sp³-hybridized carbons (Fsp3) is 0.455. The predicted octanol–water partition coefficient (Wildman–Crippen LogP) is 6.00. The normalized spacial score (nSPS) is 10.7. The van der Waals surface area contributed by atoms with Gasteiger partial charge in [0.15, 0.2) is 5.78 Å². The van der Waals surface area contributed by atoms with Gasteiger partial charge in [-0.15, -0.1) is 0 Å². The third-order valence-electron chi connectivity index (χ3n) is 4.46. The van der Waals surface area contributed by atoms with Gasteiger partial charge in [0.25, 0.3) is 0 Å². The Labute approximate surface area is 146 Å². The van der Waals surface area contributed by atoms with E-state index < -0.39 is 0 Å². The maximum atomic E-state index is 12.3. The van der Waals surface area contributed by atoms with Gasteiger partial charge in [-0.3, -0.25) is 9.78 Å². The molecular formula is C22H29NO. The number of carbonyl (C=O) groups excluding carboxylic acids is 1. The second kappa shape index (κ2) is 10.7. The van der Waals surface area contributed by atoms with Crippen molar-refractivity contribution >= 4 is 5.78 Å². The molecule has 0 N–H and O–H groups in total. The summed E-state index contributed by atoms with van der Waals surface area (Å²) in [6.07, 6.45) is 15.2. The third kappa shape index (κ3) is 6.27. The van der Waals surface area contributed by atoms with Crippen molar-refractivity contribution in [3.63, 3.8) is 0 Å². The van der Waals surface area contributed by atoms with Gasteiger partial charge in [0.05, 0.1) is 0 Å². The first-order valence-corrected chi connectivity index (χ1v) is 9.35. The first-order valence-electron chi connectivity index (χ1n) is 9.35. The number of carbonyl (C=O) groups is 1. The Morgan fingerprint density at radius 2 is 1.50 bits per heavy atom. The molecule has 2 heteroatoms. The van der Waals surface area contributed by atoms with Gasteiger partial charge >= 0.3 is 0 Å². The molecule has 2 nitrogen and oxygen atoms in total. The van der Waals surface area contributed by atoms with Crippen LogP contribution in [-0.4, -0.2) is 10.8 Å². The Bertz CT molecular complexity index is 589. The average Bonchev–Trinajstić information content (AvgIpc) is 2.64. The summed E-state index contributed by atoms with van der Waals surface area (Å²) >= 11 is 0. The van der Waals surface area contributed by atoms with E-state index in [0.717, 1.165) is 12.0 Å². The lowest BCUT2D eigenvalue weighted by atomic mass is 10.0. The molecule has 0 saturated carbocycles. The maximum Gasteiger partial charge on any atom is 0.194 e. The summed E-state index contributed by atoms with van der Waals surface area (Å²) < 4.78 is 0. The van der Waals surface area contributed by atoms with Gasteiger partial charge in [-0.25, -0.2) is 0 Å². The molecule has 0 fully saturated rings. The second-order valence-electron chi connectivity index (χ2n) is 6.49. The average molecular weight is 323 g/mol. The van der Waals surface area contributed by atoms with Crippen LogP contribution in [0.25, 0.3) is 0 Å². The first kappa shape index (κ1) is 18.4. The predicted molar refractivity (Wildman–Crippen MR) is 100 cm³/mol. The van der Waals surface area contributed by atoms with Crippen LogP contribution in [-0.2, 0) is 6.42 Å². The lowest BCUT2D eigenvalue weighted by Gasteiger charge is -2.05. The fourth-order valence-corrected chi connectivity index (χ4v) is 2.95. The van der Waals surface area contributed by atoms with Crippen molar-refractivity contribution in [2.24, 2.45) is 0 Å². The largest absolute Gasteiger partial charge is 0.289 e. The third-order valence-corrected chi connectivity index (χ3v) is 4.46. The topological polar surface area (TPSA) is 30.0 Å². The van der Waals surface area contributed by atoms with E-state index in [4.69, 9.17) is 0 Å². The van der Waals surface area contributed by atoms with Crippen molar-refractivity contribution in [2.75, 3.05) is 0 Å². The van der Waals surface area contributed by atoms with E-state index in [9.17, 15) is 4.79 Å². The molecular weight excluding hydrogens is 294 g/mol. The molecule has 0 unspecified atom stereocenters. The Morgan fingerprint density at radius 3 is 2.12 bits per heavy atom. The molecule has 0 amide bonds. The van der Waals surface area contributed by atoms with Crippen LogP contribution >= 0.6 is 0 Å². The molecule has 128 valence electrons. The molecule has 1 aromatic heterocycles. The minimum atomic E-state index is 0.0433. The lowest BCUT2D eigenvalue weighted by molar-refractivity contribution is 0.103. The van der Waals surface area contributed by atoms with Crippen molar-refractivity contribution in [3.8, 4) is 0 Å². The second-order valence-corrected chi connectivity index (χ2v) is 6.49. The van der Waals surface area contributed by atoms with E-state index >= 15 is 0 Å². The Morgan fingerprint density at radius 1 is 0.833 bits per heavy atom. The fourth-order valence-electron chi connectivity index (χ4n) is 2.95. The van der Waals surface area contributed by atoms with Crippen LogP contribution in [0.1, 0.15) is 79.8 Å². The summed E-state index contributed by atoms with van der Waals surface area (Å²) in [5.74, 6) is 0.0433. The number of pyridine rings is 1. The highest BCUT2D eigenvalue weighted by atomic mass is 16.1. The first-order chi connectivity index (χ1) is 11.8. The van der Waals surface area contributed by atoms with E-state index in [1.165, 1.54) is 56.9 Å². The van der Waals surface area contributed by atoms with Crippen LogP contribution in [0.2, 0.25) is 0 Å². The van der Waals surface area contributed by atoms with Gasteiger partial charge < -0.3 is 0 Å². The minimum absolute atomic E-state index is 0.0433. The molecule has 0 spiro atoms. The Balaban J connectivity index is 1.70. The highest BCUT2D eigenvalue weighted by molar-refractivity contribution is 6.08. The smallest absolute Gasteiger partial charge is 0.194 e. The molecule has 0 bridgehead atoms. The van der Waals surface area contributed by atoms with Crippen molar-refractivity contribution in [1.29, 1.82) is 0 Å². The number of hydrogen-bond acceptors (Lipinski definition) is 2. The van der Waals surface area contributed by atoms with E-state index in [1.54, 1.807) is 18.5 Å². The van der Waals surface area contributed by atoms with Crippen LogP contribution < -0.4 is 0 Å². The van der Waals surface area contributed by atoms with E-state index in [2.05, 4.69) is 24.0 Å². The van der Waals surface area contributed by atoms with Gasteiger partial charge in [-0.2, -0.15) is 0 Å². The molecule has 24 heavy (non-hydrogen) atoms. The summed E-state index contributed by atoms with van der Waals surface area (Å²) in [4.78, 5) is 16.3. The zero-order chi connectivity index (χ0) is 17.0. The zero-order valence-corrected chi connectivity index (χ0v) is 14.8. The summed E-state index contributed by atoms with van der Waals surface area (Å²) in [6, 6.07) is 11.7. The molecule has 0 radical (unpaired) electrons. The highest BCUT2D eigenvalue weighted by Crippen LogP contribution is 2.14. The van der Waals surface area contributed by atoms with E-state index in [0.29, 0.717) is 5.56 Å². The SMILES string of the molecule is CCCCCCCCCCc1ccc(C(=O)c2cccnc2)cc1. The maximum absolute atomic E-state index is 12.3. The van der Waals surface area contributed by atoms with Gasteiger partial charge in [0.2, 0.25) is 0 Å². The lowest BCUT2D eigenvalue weighted by Crippen LogP contribution is -2.01.